The highest BCUT2D eigenvalue weighted by atomic mass is 16.5. The Morgan fingerprint density at radius 1 is 1.30 bits per heavy atom. The largest absolute Gasteiger partial charge is 0.488 e. The van der Waals surface area contributed by atoms with Crippen molar-refractivity contribution in [2.75, 3.05) is 6.61 Å². The molecule has 1 unspecified atom stereocenters. The zero-order chi connectivity index (χ0) is 14.6. The number of aromatic nitrogens is 1. The summed E-state index contributed by atoms with van der Waals surface area (Å²) in [6.45, 7) is 6.48. The number of hydrogen-bond donors (Lipinski definition) is 1. The molecule has 1 aromatic heterocycles. The molecule has 0 fully saturated rings. The molecule has 0 aromatic carbocycles. The standard InChI is InChI=1S/C17H25NO2/c1-4-17(3,19)16-8-6-5-7-14(16)12-20-15-10-9-13(2)18-11-15/h9-11,19H,4-8,12H2,1-3H3. The van der Waals surface area contributed by atoms with Crippen LogP contribution < -0.4 is 4.74 Å². The Bertz CT molecular complexity index is 474. The molecule has 1 aliphatic rings. The van der Waals surface area contributed by atoms with Gasteiger partial charge >= 0.3 is 0 Å². The van der Waals surface area contributed by atoms with Crippen LogP contribution in [0.15, 0.2) is 29.5 Å². The first-order valence-electron chi connectivity index (χ1n) is 7.52. The quantitative estimate of drug-likeness (QED) is 0.831. The van der Waals surface area contributed by atoms with Gasteiger partial charge in [0.2, 0.25) is 0 Å². The third-order valence-corrected chi connectivity index (χ3v) is 4.22. The number of aryl methyl sites for hydroxylation is 1. The molecule has 1 heterocycles. The van der Waals surface area contributed by atoms with E-state index in [1.807, 2.05) is 32.9 Å². The van der Waals surface area contributed by atoms with E-state index in [-0.39, 0.29) is 0 Å². The first kappa shape index (κ1) is 15.0. The van der Waals surface area contributed by atoms with Crippen molar-refractivity contribution in [3.63, 3.8) is 0 Å². The fourth-order valence-electron chi connectivity index (χ4n) is 2.70. The molecule has 1 aromatic rings. The van der Waals surface area contributed by atoms with Gasteiger partial charge in [0.15, 0.2) is 0 Å². The highest BCUT2D eigenvalue weighted by molar-refractivity contribution is 5.27. The second-order valence-corrected chi connectivity index (χ2v) is 5.84. The van der Waals surface area contributed by atoms with Gasteiger partial charge in [-0.1, -0.05) is 6.92 Å². The lowest BCUT2D eigenvalue weighted by Gasteiger charge is -2.31. The van der Waals surface area contributed by atoms with Crippen LogP contribution in [0.1, 0.15) is 51.6 Å². The molecule has 0 aliphatic heterocycles. The summed E-state index contributed by atoms with van der Waals surface area (Å²) in [5, 5.41) is 10.5. The van der Waals surface area contributed by atoms with Crippen molar-refractivity contribution in [3.05, 3.63) is 35.2 Å². The third-order valence-electron chi connectivity index (χ3n) is 4.22. The Hall–Kier alpha value is -1.35. The van der Waals surface area contributed by atoms with E-state index >= 15 is 0 Å². The Kier molecular flexibility index (Phi) is 4.81. The predicted molar refractivity (Wildman–Crippen MR) is 80.9 cm³/mol. The molecule has 0 saturated heterocycles. The predicted octanol–water partition coefficient (Wildman–Crippen LogP) is 3.80. The summed E-state index contributed by atoms with van der Waals surface area (Å²) < 4.78 is 5.84. The summed E-state index contributed by atoms with van der Waals surface area (Å²) in [5.41, 5.74) is 2.75. The van der Waals surface area contributed by atoms with Crippen molar-refractivity contribution in [2.24, 2.45) is 0 Å². The summed E-state index contributed by atoms with van der Waals surface area (Å²) in [6.07, 6.45) is 6.89. The summed E-state index contributed by atoms with van der Waals surface area (Å²) >= 11 is 0. The van der Waals surface area contributed by atoms with Crippen molar-refractivity contribution >= 4 is 0 Å². The van der Waals surface area contributed by atoms with Gasteiger partial charge in [-0.05, 0) is 69.2 Å². The topological polar surface area (TPSA) is 42.4 Å². The number of pyridine rings is 1. The van der Waals surface area contributed by atoms with Gasteiger partial charge in [0, 0.05) is 5.69 Å². The minimum atomic E-state index is -0.690. The second kappa shape index (κ2) is 6.40. The Labute approximate surface area is 121 Å². The summed E-state index contributed by atoms with van der Waals surface area (Å²) in [4.78, 5) is 4.24. The molecular formula is C17H25NO2. The molecule has 0 bridgehead atoms. The van der Waals surface area contributed by atoms with Crippen molar-refractivity contribution in [3.8, 4) is 5.75 Å². The molecule has 1 aliphatic carbocycles. The van der Waals surface area contributed by atoms with E-state index in [2.05, 4.69) is 4.98 Å². The molecule has 3 heteroatoms. The van der Waals surface area contributed by atoms with Crippen LogP contribution in [0.3, 0.4) is 0 Å². The first-order chi connectivity index (χ1) is 9.53. The van der Waals surface area contributed by atoms with Crippen LogP contribution in [0.25, 0.3) is 0 Å². The minimum absolute atomic E-state index is 0.566. The van der Waals surface area contributed by atoms with Crippen LogP contribution in [-0.4, -0.2) is 22.3 Å². The zero-order valence-electron chi connectivity index (χ0n) is 12.8. The van der Waals surface area contributed by atoms with E-state index < -0.39 is 5.60 Å². The lowest BCUT2D eigenvalue weighted by atomic mass is 9.81. The Morgan fingerprint density at radius 3 is 2.70 bits per heavy atom. The van der Waals surface area contributed by atoms with Gasteiger partial charge < -0.3 is 9.84 Å². The second-order valence-electron chi connectivity index (χ2n) is 5.84. The normalized spacial score (nSPS) is 18.8. The summed E-state index contributed by atoms with van der Waals surface area (Å²) in [7, 11) is 0. The van der Waals surface area contributed by atoms with Gasteiger partial charge in [0.25, 0.3) is 0 Å². The smallest absolute Gasteiger partial charge is 0.138 e. The van der Waals surface area contributed by atoms with E-state index in [4.69, 9.17) is 4.74 Å². The molecule has 0 radical (unpaired) electrons. The summed E-state index contributed by atoms with van der Waals surface area (Å²) in [5.74, 6) is 0.796. The van der Waals surface area contributed by atoms with Crippen LogP contribution in [0.2, 0.25) is 0 Å². The maximum absolute atomic E-state index is 10.5. The van der Waals surface area contributed by atoms with Crippen molar-refractivity contribution < 1.29 is 9.84 Å². The first-order valence-corrected chi connectivity index (χ1v) is 7.52. The zero-order valence-corrected chi connectivity index (χ0v) is 12.8. The molecular weight excluding hydrogens is 250 g/mol. The van der Waals surface area contributed by atoms with Crippen LogP contribution in [0, 0.1) is 6.92 Å². The van der Waals surface area contributed by atoms with Gasteiger partial charge in [-0.25, -0.2) is 0 Å². The molecule has 110 valence electrons. The number of aliphatic hydroxyl groups is 1. The minimum Gasteiger partial charge on any atom is -0.488 e. The maximum atomic E-state index is 10.5. The molecule has 0 amide bonds. The van der Waals surface area contributed by atoms with Crippen LogP contribution in [0.5, 0.6) is 5.75 Å². The van der Waals surface area contributed by atoms with Gasteiger partial charge in [0.05, 0.1) is 11.8 Å². The van der Waals surface area contributed by atoms with Gasteiger partial charge in [-0.15, -0.1) is 0 Å². The van der Waals surface area contributed by atoms with Crippen LogP contribution in [0.4, 0.5) is 0 Å². The number of nitrogens with zero attached hydrogens (tertiary/aromatic N) is 1. The fraction of sp³-hybridized carbons (Fsp3) is 0.588. The van der Waals surface area contributed by atoms with Gasteiger partial charge in [0.1, 0.15) is 12.4 Å². The Balaban J connectivity index is 2.10. The molecule has 20 heavy (non-hydrogen) atoms. The Morgan fingerprint density at radius 2 is 2.05 bits per heavy atom. The number of hydrogen-bond acceptors (Lipinski definition) is 3. The lowest BCUT2D eigenvalue weighted by Crippen LogP contribution is -2.29. The highest BCUT2D eigenvalue weighted by Crippen LogP contribution is 2.34. The van der Waals surface area contributed by atoms with Gasteiger partial charge in [-0.2, -0.15) is 0 Å². The maximum Gasteiger partial charge on any atom is 0.138 e. The monoisotopic (exact) mass is 275 g/mol. The van der Waals surface area contributed by atoms with Crippen molar-refractivity contribution in [1.82, 2.24) is 4.98 Å². The van der Waals surface area contributed by atoms with E-state index in [1.54, 1.807) is 6.20 Å². The number of ether oxygens (including phenoxy) is 1. The SMILES string of the molecule is CCC(C)(O)C1=C(COc2ccc(C)nc2)CCCC1. The molecule has 3 nitrogen and oxygen atoms in total. The van der Waals surface area contributed by atoms with E-state index in [0.29, 0.717) is 6.61 Å². The van der Waals surface area contributed by atoms with E-state index in [1.165, 1.54) is 24.0 Å². The average Bonchev–Trinajstić information content (AvgIpc) is 2.47. The molecule has 0 saturated carbocycles. The molecule has 1 N–H and O–H groups in total. The van der Waals surface area contributed by atoms with Crippen molar-refractivity contribution in [2.45, 2.75) is 58.5 Å². The highest BCUT2D eigenvalue weighted by Gasteiger charge is 2.28. The molecule has 2 rings (SSSR count). The fourth-order valence-corrected chi connectivity index (χ4v) is 2.70. The van der Waals surface area contributed by atoms with Gasteiger partial charge in [-0.3, -0.25) is 4.98 Å². The summed E-state index contributed by atoms with van der Waals surface area (Å²) in [6, 6.07) is 3.90. The van der Waals surface area contributed by atoms with E-state index in [9.17, 15) is 5.11 Å². The lowest BCUT2D eigenvalue weighted by molar-refractivity contribution is 0.0862. The third kappa shape index (κ3) is 3.60. The van der Waals surface area contributed by atoms with E-state index in [0.717, 1.165) is 30.7 Å². The molecule has 0 spiro atoms. The van der Waals surface area contributed by atoms with Crippen LogP contribution >= 0.6 is 0 Å². The van der Waals surface area contributed by atoms with Crippen LogP contribution in [-0.2, 0) is 0 Å². The number of rotatable bonds is 5. The molecule has 1 atom stereocenters. The van der Waals surface area contributed by atoms with Crippen molar-refractivity contribution in [1.29, 1.82) is 0 Å². The average molecular weight is 275 g/mol.